The van der Waals surface area contributed by atoms with Crippen LogP contribution in [0.2, 0.25) is 0 Å². The molecule has 0 spiro atoms. The number of benzene rings is 1. The third-order valence-corrected chi connectivity index (χ3v) is 3.44. The van der Waals surface area contributed by atoms with Gasteiger partial charge in [-0.1, -0.05) is 12.1 Å². The van der Waals surface area contributed by atoms with Crippen molar-refractivity contribution in [3.8, 4) is 0 Å². The Morgan fingerprint density at radius 3 is 2.50 bits per heavy atom. The highest BCUT2D eigenvalue weighted by atomic mass is 32.2. The summed E-state index contributed by atoms with van der Waals surface area (Å²) in [5, 5.41) is 0. The standard InChI is InChI=1S/C14H15F3O4S/c1-3-21-13(19)12-9(7-8-11(18)20-2)5-4-6-10(12)22-14(15,16)17/h4-6H,3,7-8H2,1-2H3. The first kappa shape index (κ1) is 18.3. The lowest BCUT2D eigenvalue weighted by Gasteiger charge is -2.14. The summed E-state index contributed by atoms with van der Waals surface area (Å²) < 4.78 is 47.1. The van der Waals surface area contributed by atoms with Crippen molar-refractivity contribution in [1.29, 1.82) is 0 Å². The molecule has 0 N–H and O–H groups in total. The summed E-state index contributed by atoms with van der Waals surface area (Å²) in [5.41, 5.74) is -4.36. The van der Waals surface area contributed by atoms with E-state index in [9.17, 15) is 22.8 Å². The average Bonchev–Trinajstić information content (AvgIpc) is 2.43. The maximum atomic E-state index is 12.6. The molecular weight excluding hydrogens is 321 g/mol. The fourth-order valence-electron chi connectivity index (χ4n) is 1.77. The molecular formula is C14H15F3O4S. The van der Waals surface area contributed by atoms with Crippen LogP contribution < -0.4 is 0 Å². The SMILES string of the molecule is CCOC(=O)c1c(CCC(=O)OC)cccc1SC(F)(F)F. The highest BCUT2D eigenvalue weighted by molar-refractivity contribution is 8.00. The van der Waals surface area contributed by atoms with Crippen molar-refractivity contribution in [3.63, 3.8) is 0 Å². The number of carbonyl (C=O) groups excluding carboxylic acids is 2. The number of aryl methyl sites for hydroxylation is 1. The number of hydrogen-bond acceptors (Lipinski definition) is 5. The molecule has 0 aliphatic rings. The summed E-state index contributed by atoms with van der Waals surface area (Å²) in [7, 11) is 1.21. The molecule has 4 nitrogen and oxygen atoms in total. The second-order valence-electron chi connectivity index (χ2n) is 4.13. The van der Waals surface area contributed by atoms with Crippen LogP contribution in [-0.2, 0) is 20.7 Å². The summed E-state index contributed by atoms with van der Waals surface area (Å²) in [6.07, 6.45) is 0.0517. The van der Waals surface area contributed by atoms with Gasteiger partial charge >= 0.3 is 17.4 Å². The van der Waals surface area contributed by atoms with Crippen LogP contribution in [0.15, 0.2) is 23.1 Å². The molecule has 0 aromatic heterocycles. The number of ether oxygens (including phenoxy) is 2. The van der Waals surface area contributed by atoms with E-state index in [1.165, 1.54) is 25.3 Å². The first-order chi connectivity index (χ1) is 10.3. The van der Waals surface area contributed by atoms with Crippen molar-refractivity contribution in [1.82, 2.24) is 0 Å². The van der Waals surface area contributed by atoms with Gasteiger partial charge in [-0.05, 0) is 36.7 Å². The number of rotatable bonds is 6. The molecule has 0 fully saturated rings. The van der Waals surface area contributed by atoms with Gasteiger partial charge in [-0.15, -0.1) is 0 Å². The van der Waals surface area contributed by atoms with E-state index in [1.54, 1.807) is 6.92 Å². The van der Waals surface area contributed by atoms with E-state index in [1.807, 2.05) is 0 Å². The van der Waals surface area contributed by atoms with E-state index in [4.69, 9.17) is 4.74 Å². The van der Waals surface area contributed by atoms with Gasteiger partial charge in [-0.2, -0.15) is 13.2 Å². The molecule has 0 radical (unpaired) electrons. The summed E-state index contributed by atoms with van der Waals surface area (Å²) in [4.78, 5) is 22.9. The van der Waals surface area contributed by atoms with Gasteiger partial charge in [0, 0.05) is 11.3 Å². The van der Waals surface area contributed by atoms with E-state index < -0.39 is 17.4 Å². The lowest BCUT2D eigenvalue weighted by atomic mass is 10.0. The molecule has 0 saturated heterocycles. The molecule has 0 bridgehead atoms. The minimum atomic E-state index is -4.53. The average molecular weight is 336 g/mol. The van der Waals surface area contributed by atoms with E-state index >= 15 is 0 Å². The largest absolute Gasteiger partial charge is 0.469 e. The second kappa shape index (κ2) is 8.07. The molecule has 0 saturated carbocycles. The number of carbonyl (C=O) groups is 2. The van der Waals surface area contributed by atoms with Crippen molar-refractivity contribution >= 4 is 23.7 Å². The maximum absolute atomic E-state index is 12.6. The first-order valence-corrected chi connectivity index (χ1v) is 7.21. The Kier molecular flexibility index (Phi) is 6.73. The molecule has 0 aliphatic carbocycles. The van der Waals surface area contributed by atoms with Crippen molar-refractivity contribution < 1.29 is 32.2 Å². The van der Waals surface area contributed by atoms with Gasteiger partial charge < -0.3 is 9.47 Å². The van der Waals surface area contributed by atoms with Gasteiger partial charge in [0.2, 0.25) is 0 Å². The Labute approximate surface area is 130 Å². The Balaban J connectivity index is 3.16. The zero-order valence-electron chi connectivity index (χ0n) is 12.0. The molecule has 0 atom stereocenters. The number of halogens is 3. The summed E-state index contributed by atoms with van der Waals surface area (Å²) in [6, 6.07) is 4.10. The van der Waals surface area contributed by atoms with E-state index in [-0.39, 0.29) is 41.7 Å². The van der Waals surface area contributed by atoms with Crippen LogP contribution in [0.25, 0.3) is 0 Å². The molecule has 0 heterocycles. The Morgan fingerprint density at radius 2 is 1.95 bits per heavy atom. The number of thioether (sulfide) groups is 1. The third kappa shape index (κ3) is 5.59. The fraction of sp³-hybridized carbons (Fsp3) is 0.429. The maximum Gasteiger partial charge on any atom is 0.446 e. The minimum absolute atomic E-state index is 0.0386. The molecule has 1 rings (SSSR count). The molecule has 1 aromatic rings. The minimum Gasteiger partial charge on any atom is -0.469 e. The van der Waals surface area contributed by atoms with E-state index in [0.717, 1.165) is 0 Å². The summed E-state index contributed by atoms with van der Waals surface area (Å²) in [6.45, 7) is 1.60. The van der Waals surface area contributed by atoms with Crippen molar-refractivity contribution in [2.45, 2.75) is 30.2 Å². The van der Waals surface area contributed by atoms with Crippen molar-refractivity contribution in [2.75, 3.05) is 13.7 Å². The van der Waals surface area contributed by atoms with Crippen LogP contribution in [0.3, 0.4) is 0 Å². The van der Waals surface area contributed by atoms with E-state index in [0.29, 0.717) is 5.56 Å². The lowest BCUT2D eigenvalue weighted by Crippen LogP contribution is -2.13. The van der Waals surface area contributed by atoms with Gasteiger partial charge in [0.1, 0.15) is 0 Å². The normalized spacial score (nSPS) is 11.1. The predicted molar refractivity (Wildman–Crippen MR) is 74.6 cm³/mol. The molecule has 0 amide bonds. The zero-order valence-corrected chi connectivity index (χ0v) is 12.8. The Morgan fingerprint density at radius 1 is 1.27 bits per heavy atom. The monoisotopic (exact) mass is 336 g/mol. The summed E-state index contributed by atoms with van der Waals surface area (Å²) in [5.74, 6) is -1.35. The molecule has 1 aromatic carbocycles. The first-order valence-electron chi connectivity index (χ1n) is 6.40. The van der Waals surface area contributed by atoms with Crippen LogP contribution in [0.5, 0.6) is 0 Å². The van der Waals surface area contributed by atoms with Crippen molar-refractivity contribution in [2.24, 2.45) is 0 Å². The van der Waals surface area contributed by atoms with Crippen LogP contribution >= 0.6 is 11.8 Å². The van der Waals surface area contributed by atoms with Gasteiger partial charge in [-0.3, -0.25) is 4.79 Å². The number of esters is 2. The highest BCUT2D eigenvalue weighted by Gasteiger charge is 2.32. The molecule has 122 valence electrons. The van der Waals surface area contributed by atoms with E-state index in [2.05, 4.69) is 4.74 Å². The lowest BCUT2D eigenvalue weighted by molar-refractivity contribution is -0.140. The Bertz CT molecular complexity index is 543. The smallest absolute Gasteiger partial charge is 0.446 e. The topological polar surface area (TPSA) is 52.6 Å². The predicted octanol–water partition coefficient (Wildman–Crippen LogP) is 3.58. The summed E-state index contributed by atoms with van der Waals surface area (Å²) >= 11 is -0.381. The van der Waals surface area contributed by atoms with Gasteiger partial charge in [0.15, 0.2) is 0 Å². The Hall–Kier alpha value is -1.70. The zero-order chi connectivity index (χ0) is 16.8. The van der Waals surface area contributed by atoms with Crippen LogP contribution in [-0.4, -0.2) is 31.2 Å². The number of methoxy groups -OCH3 is 1. The number of alkyl halides is 3. The van der Waals surface area contributed by atoms with Crippen molar-refractivity contribution in [3.05, 3.63) is 29.3 Å². The van der Waals surface area contributed by atoms with Gasteiger partial charge in [0.05, 0.1) is 19.3 Å². The van der Waals surface area contributed by atoms with Crippen LogP contribution in [0.1, 0.15) is 29.3 Å². The molecule has 0 aliphatic heterocycles. The molecule has 22 heavy (non-hydrogen) atoms. The molecule has 8 heteroatoms. The quantitative estimate of drug-likeness (QED) is 0.587. The fourth-order valence-corrected chi connectivity index (χ4v) is 2.48. The third-order valence-electron chi connectivity index (χ3n) is 2.64. The second-order valence-corrected chi connectivity index (χ2v) is 5.24. The van der Waals surface area contributed by atoms with Crippen LogP contribution in [0.4, 0.5) is 13.2 Å². The molecule has 0 unspecified atom stereocenters. The van der Waals surface area contributed by atoms with Crippen LogP contribution in [0, 0.1) is 0 Å². The van der Waals surface area contributed by atoms with Gasteiger partial charge in [-0.25, -0.2) is 4.79 Å². The highest BCUT2D eigenvalue weighted by Crippen LogP contribution is 2.39. The van der Waals surface area contributed by atoms with Gasteiger partial charge in [0.25, 0.3) is 0 Å². The number of hydrogen-bond donors (Lipinski definition) is 0.